The molecular formula is C15H21NO2. The highest BCUT2D eigenvalue weighted by Gasteiger charge is 2.52. The molecule has 0 aliphatic carbocycles. The van der Waals surface area contributed by atoms with E-state index in [1.165, 1.54) is 5.56 Å². The number of nitrogens with one attached hydrogen (secondary N) is 1. The first-order valence-corrected chi connectivity index (χ1v) is 6.68. The quantitative estimate of drug-likeness (QED) is 0.826. The lowest BCUT2D eigenvalue weighted by Gasteiger charge is -2.41. The van der Waals surface area contributed by atoms with Crippen molar-refractivity contribution in [3.05, 3.63) is 35.9 Å². The summed E-state index contributed by atoms with van der Waals surface area (Å²) in [4.78, 5) is 0. The maximum atomic E-state index is 6.14. The highest BCUT2D eigenvalue weighted by atomic mass is 16.6. The minimum Gasteiger partial charge on any atom is -0.372 e. The highest BCUT2D eigenvalue weighted by Crippen LogP contribution is 2.44. The van der Waals surface area contributed by atoms with Crippen molar-refractivity contribution >= 4 is 0 Å². The standard InChI is InChI=1S/C15H21NO2/c1-14(2)10-15(11-18-14)13(16-8-9-17-15)12-6-4-3-5-7-12/h3-7,13,16H,8-11H2,1-2H3. The highest BCUT2D eigenvalue weighted by molar-refractivity contribution is 5.24. The van der Waals surface area contributed by atoms with Gasteiger partial charge in [0.15, 0.2) is 0 Å². The Morgan fingerprint density at radius 2 is 1.94 bits per heavy atom. The largest absolute Gasteiger partial charge is 0.372 e. The van der Waals surface area contributed by atoms with Crippen molar-refractivity contribution in [3.63, 3.8) is 0 Å². The zero-order chi connectivity index (χ0) is 12.6. The van der Waals surface area contributed by atoms with Crippen molar-refractivity contribution in [2.24, 2.45) is 0 Å². The average Bonchev–Trinajstić information content (AvgIpc) is 2.67. The lowest BCUT2D eigenvalue weighted by Crippen LogP contribution is -2.53. The normalized spacial score (nSPS) is 34.9. The van der Waals surface area contributed by atoms with E-state index in [4.69, 9.17) is 9.47 Å². The molecule has 0 radical (unpaired) electrons. The number of hydrogen-bond acceptors (Lipinski definition) is 3. The van der Waals surface area contributed by atoms with Crippen molar-refractivity contribution in [2.75, 3.05) is 19.8 Å². The molecule has 2 aliphatic rings. The molecule has 1 N–H and O–H groups in total. The van der Waals surface area contributed by atoms with Crippen LogP contribution in [0.5, 0.6) is 0 Å². The Kier molecular flexibility index (Phi) is 2.93. The van der Waals surface area contributed by atoms with Crippen LogP contribution in [0.2, 0.25) is 0 Å². The molecule has 3 heteroatoms. The van der Waals surface area contributed by atoms with Crippen LogP contribution in [0.4, 0.5) is 0 Å². The van der Waals surface area contributed by atoms with Gasteiger partial charge in [-0.3, -0.25) is 0 Å². The fourth-order valence-electron chi connectivity index (χ4n) is 3.21. The van der Waals surface area contributed by atoms with E-state index in [-0.39, 0.29) is 17.2 Å². The molecule has 0 amide bonds. The molecule has 18 heavy (non-hydrogen) atoms. The SMILES string of the molecule is CC1(C)CC2(CO1)OCCNC2c1ccccc1. The van der Waals surface area contributed by atoms with Crippen LogP contribution in [0, 0.1) is 0 Å². The average molecular weight is 247 g/mol. The minimum absolute atomic E-state index is 0.0912. The van der Waals surface area contributed by atoms with Gasteiger partial charge in [0.25, 0.3) is 0 Å². The molecule has 1 aromatic carbocycles. The van der Waals surface area contributed by atoms with Crippen LogP contribution in [-0.2, 0) is 9.47 Å². The zero-order valence-corrected chi connectivity index (χ0v) is 11.1. The van der Waals surface area contributed by atoms with E-state index in [2.05, 4.69) is 49.5 Å². The second-order valence-corrected chi connectivity index (χ2v) is 5.94. The fourth-order valence-corrected chi connectivity index (χ4v) is 3.21. The van der Waals surface area contributed by atoms with Gasteiger partial charge >= 0.3 is 0 Å². The number of ether oxygens (including phenoxy) is 2. The Balaban J connectivity index is 1.92. The zero-order valence-electron chi connectivity index (χ0n) is 11.1. The number of hydrogen-bond donors (Lipinski definition) is 1. The van der Waals surface area contributed by atoms with Crippen LogP contribution in [0.3, 0.4) is 0 Å². The molecule has 2 fully saturated rings. The van der Waals surface area contributed by atoms with E-state index in [0.717, 1.165) is 19.6 Å². The first-order chi connectivity index (χ1) is 8.61. The van der Waals surface area contributed by atoms with Gasteiger partial charge in [-0.15, -0.1) is 0 Å². The fraction of sp³-hybridized carbons (Fsp3) is 0.600. The maximum absolute atomic E-state index is 6.14. The smallest absolute Gasteiger partial charge is 0.114 e. The molecule has 0 aromatic heterocycles. The van der Waals surface area contributed by atoms with Crippen LogP contribution < -0.4 is 5.32 Å². The van der Waals surface area contributed by atoms with Crippen LogP contribution in [-0.4, -0.2) is 31.0 Å². The third kappa shape index (κ3) is 2.07. The van der Waals surface area contributed by atoms with E-state index in [0.29, 0.717) is 6.61 Å². The molecule has 0 bridgehead atoms. The Morgan fingerprint density at radius 1 is 1.17 bits per heavy atom. The molecular weight excluding hydrogens is 226 g/mol. The second kappa shape index (κ2) is 4.34. The van der Waals surface area contributed by atoms with Gasteiger partial charge in [-0.05, 0) is 19.4 Å². The monoisotopic (exact) mass is 247 g/mol. The lowest BCUT2D eigenvalue weighted by molar-refractivity contribution is -0.0992. The summed E-state index contributed by atoms with van der Waals surface area (Å²) in [5.74, 6) is 0. The van der Waals surface area contributed by atoms with E-state index in [9.17, 15) is 0 Å². The van der Waals surface area contributed by atoms with Gasteiger partial charge in [0.1, 0.15) is 5.60 Å². The third-order valence-electron chi connectivity index (χ3n) is 3.93. The molecule has 3 rings (SSSR count). The Labute approximate surface area is 108 Å². The Morgan fingerprint density at radius 3 is 2.61 bits per heavy atom. The summed E-state index contributed by atoms with van der Waals surface area (Å²) in [5, 5.41) is 3.60. The minimum atomic E-state index is -0.205. The summed E-state index contributed by atoms with van der Waals surface area (Å²) in [6, 6.07) is 10.8. The lowest BCUT2D eigenvalue weighted by atomic mass is 9.82. The molecule has 0 saturated carbocycles. The van der Waals surface area contributed by atoms with E-state index in [1.54, 1.807) is 0 Å². The molecule has 3 nitrogen and oxygen atoms in total. The first-order valence-electron chi connectivity index (χ1n) is 6.68. The molecule has 1 spiro atoms. The van der Waals surface area contributed by atoms with Gasteiger partial charge in [0, 0.05) is 13.0 Å². The first kappa shape index (κ1) is 12.2. The van der Waals surface area contributed by atoms with Crippen LogP contribution in [0.15, 0.2) is 30.3 Å². The topological polar surface area (TPSA) is 30.5 Å². The molecule has 2 heterocycles. The summed E-state index contributed by atoms with van der Waals surface area (Å²) < 4.78 is 12.1. The van der Waals surface area contributed by atoms with Crippen LogP contribution in [0.1, 0.15) is 31.9 Å². The van der Waals surface area contributed by atoms with Crippen molar-refractivity contribution in [1.29, 1.82) is 0 Å². The van der Waals surface area contributed by atoms with Gasteiger partial charge in [0.2, 0.25) is 0 Å². The van der Waals surface area contributed by atoms with Gasteiger partial charge in [0.05, 0.1) is 24.9 Å². The predicted molar refractivity (Wildman–Crippen MR) is 70.5 cm³/mol. The van der Waals surface area contributed by atoms with Crippen molar-refractivity contribution < 1.29 is 9.47 Å². The van der Waals surface area contributed by atoms with Crippen molar-refractivity contribution in [1.82, 2.24) is 5.32 Å². The van der Waals surface area contributed by atoms with Crippen LogP contribution in [0.25, 0.3) is 0 Å². The molecule has 2 atom stereocenters. The van der Waals surface area contributed by atoms with Gasteiger partial charge in [-0.1, -0.05) is 30.3 Å². The molecule has 98 valence electrons. The predicted octanol–water partition coefficient (Wildman–Crippen LogP) is 2.29. The Hall–Kier alpha value is -0.900. The summed E-state index contributed by atoms with van der Waals surface area (Å²) in [6.07, 6.45) is 0.937. The van der Waals surface area contributed by atoms with E-state index >= 15 is 0 Å². The van der Waals surface area contributed by atoms with Gasteiger partial charge in [-0.2, -0.15) is 0 Å². The summed E-state index contributed by atoms with van der Waals surface area (Å²) >= 11 is 0. The Bertz CT molecular complexity index is 418. The number of benzene rings is 1. The molecule has 1 aromatic rings. The molecule has 2 aliphatic heterocycles. The van der Waals surface area contributed by atoms with Gasteiger partial charge in [-0.25, -0.2) is 0 Å². The maximum Gasteiger partial charge on any atom is 0.114 e. The summed E-state index contributed by atoms with van der Waals surface area (Å²) in [7, 11) is 0. The van der Waals surface area contributed by atoms with E-state index < -0.39 is 0 Å². The molecule has 2 saturated heterocycles. The van der Waals surface area contributed by atoms with Gasteiger partial charge < -0.3 is 14.8 Å². The summed E-state index contributed by atoms with van der Waals surface area (Å²) in [5.41, 5.74) is 0.994. The van der Waals surface area contributed by atoms with Crippen molar-refractivity contribution in [3.8, 4) is 0 Å². The number of rotatable bonds is 1. The second-order valence-electron chi connectivity index (χ2n) is 5.94. The summed E-state index contributed by atoms with van der Waals surface area (Å²) in [6.45, 7) is 6.63. The number of morpholine rings is 1. The van der Waals surface area contributed by atoms with Crippen molar-refractivity contribution in [2.45, 2.75) is 37.5 Å². The van der Waals surface area contributed by atoms with Crippen LogP contribution >= 0.6 is 0 Å². The van der Waals surface area contributed by atoms with E-state index in [1.807, 2.05) is 0 Å². The molecule has 2 unspecified atom stereocenters. The third-order valence-corrected chi connectivity index (χ3v) is 3.93.